The van der Waals surface area contributed by atoms with Crippen LogP contribution in [0.2, 0.25) is 0 Å². The lowest BCUT2D eigenvalue weighted by molar-refractivity contribution is 0.221. The predicted molar refractivity (Wildman–Crippen MR) is 21.8 cm³/mol. The van der Waals surface area contributed by atoms with E-state index in [9.17, 15) is 8.42 Å². The molecule has 6 heteroatoms. The molecule has 1 rings (SSSR count). The summed E-state index contributed by atoms with van der Waals surface area (Å²) in [5, 5.41) is 8.20. The fourth-order valence-electron chi connectivity index (χ4n) is 0.244. The molecular weight excluding hydrogens is 136 g/mol. The molecule has 1 aliphatic rings. The highest BCUT2D eigenvalue weighted by molar-refractivity contribution is 7.82. The third kappa shape index (κ3) is 0.836. The van der Waals surface area contributed by atoms with Crippen molar-refractivity contribution in [2.24, 2.45) is 0 Å². The lowest BCUT2D eigenvalue weighted by Crippen LogP contribution is -1.97. The predicted octanol–water partition coefficient (Wildman–Crippen LogP) is -0.365. The van der Waals surface area contributed by atoms with E-state index in [-0.39, 0.29) is 0 Å². The molecule has 0 radical (unpaired) electrons. The fourth-order valence-corrected chi connectivity index (χ4v) is 0.732. The fraction of sp³-hybridized carbons (Fsp3) is 0. The molecule has 0 fully saturated rings. The second kappa shape index (κ2) is 1.28. The molecule has 1 heterocycles. The molecule has 0 atom stereocenters. The van der Waals surface area contributed by atoms with Crippen molar-refractivity contribution in [1.29, 1.82) is 0 Å². The Hall–Kier alpha value is -0.910. The van der Waals surface area contributed by atoms with Gasteiger partial charge in [0, 0.05) is 0 Å². The van der Waals surface area contributed by atoms with Crippen LogP contribution in [0.3, 0.4) is 0 Å². The summed E-state index contributed by atoms with van der Waals surface area (Å²) >= 11 is 0. The molecule has 1 aliphatic heterocycles. The molecule has 0 spiro atoms. The Labute approximate surface area is 45.5 Å². The van der Waals surface area contributed by atoms with Crippen LogP contribution in [0.4, 0.5) is 0 Å². The van der Waals surface area contributed by atoms with Crippen molar-refractivity contribution >= 4 is 10.4 Å². The Morgan fingerprint density at radius 1 is 1.62 bits per heavy atom. The Morgan fingerprint density at radius 2 is 2.25 bits per heavy atom. The summed E-state index contributed by atoms with van der Waals surface area (Å²) in [6.45, 7) is 0. The van der Waals surface area contributed by atoms with E-state index in [1.807, 2.05) is 0 Å². The molecule has 5 nitrogen and oxygen atoms in total. The molecule has 0 aromatic carbocycles. The summed E-state index contributed by atoms with van der Waals surface area (Å²) in [6, 6.07) is 0. The van der Waals surface area contributed by atoms with Crippen molar-refractivity contribution in [1.82, 2.24) is 0 Å². The molecule has 46 valence electrons. The van der Waals surface area contributed by atoms with Gasteiger partial charge in [-0.25, -0.2) is 0 Å². The third-order valence-electron chi connectivity index (χ3n) is 0.454. The summed E-state index contributed by atoms with van der Waals surface area (Å²) in [5.74, 6) is -0.745. The lowest BCUT2D eigenvalue weighted by Gasteiger charge is -1.87. The van der Waals surface area contributed by atoms with Crippen molar-refractivity contribution in [3.63, 3.8) is 0 Å². The standard InChI is InChI=1S/C2H2O5S/c3-2-1-6-8(4,5)7-2/h1,3H. The topological polar surface area (TPSA) is 72.8 Å². The molecule has 0 amide bonds. The van der Waals surface area contributed by atoms with Gasteiger partial charge in [-0.1, -0.05) is 0 Å². The number of hydrogen-bond acceptors (Lipinski definition) is 5. The number of aliphatic hydroxyl groups is 1. The van der Waals surface area contributed by atoms with Crippen LogP contribution in [0.5, 0.6) is 0 Å². The largest absolute Gasteiger partial charge is 0.503 e. The van der Waals surface area contributed by atoms with Gasteiger partial charge >= 0.3 is 16.3 Å². The van der Waals surface area contributed by atoms with E-state index in [4.69, 9.17) is 5.11 Å². The Morgan fingerprint density at radius 3 is 2.38 bits per heavy atom. The van der Waals surface area contributed by atoms with E-state index < -0.39 is 16.3 Å². The first-order chi connectivity index (χ1) is 3.60. The van der Waals surface area contributed by atoms with Crippen LogP contribution >= 0.6 is 0 Å². The molecule has 0 aromatic rings. The molecule has 0 unspecified atom stereocenters. The highest BCUT2D eigenvalue weighted by Crippen LogP contribution is 2.11. The van der Waals surface area contributed by atoms with Gasteiger partial charge in [0.1, 0.15) is 0 Å². The molecule has 0 bridgehead atoms. The third-order valence-corrected chi connectivity index (χ3v) is 1.16. The van der Waals surface area contributed by atoms with Gasteiger partial charge in [0.2, 0.25) is 0 Å². The van der Waals surface area contributed by atoms with E-state index in [0.29, 0.717) is 6.26 Å². The average molecular weight is 138 g/mol. The molecule has 0 saturated carbocycles. The van der Waals surface area contributed by atoms with E-state index >= 15 is 0 Å². The van der Waals surface area contributed by atoms with Crippen molar-refractivity contribution in [3.05, 3.63) is 12.2 Å². The first-order valence-electron chi connectivity index (χ1n) is 1.62. The van der Waals surface area contributed by atoms with E-state index in [2.05, 4.69) is 8.37 Å². The van der Waals surface area contributed by atoms with Gasteiger partial charge in [-0.15, -0.1) is 8.42 Å². The van der Waals surface area contributed by atoms with Gasteiger partial charge in [-0.2, -0.15) is 0 Å². The Balaban J connectivity index is 2.85. The summed E-state index contributed by atoms with van der Waals surface area (Å²) in [6.07, 6.45) is 0.593. The minimum atomic E-state index is -3.94. The highest BCUT2D eigenvalue weighted by Gasteiger charge is 2.21. The maximum Gasteiger partial charge on any atom is 0.503 e. The minimum absolute atomic E-state index is 0.593. The maximum absolute atomic E-state index is 9.98. The lowest BCUT2D eigenvalue weighted by atomic mass is 11.0. The van der Waals surface area contributed by atoms with Gasteiger partial charge in [0.05, 0.1) is 0 Å². The van der Waals surface area contributed by atoms with Gasteiger partial charge in [-0.3, -0.25) is 0 Å². The zero-order chi connectivity index (χ0) is 6.20. The summed E-state index contributed by atoms with van der Waals surface area (Å²) < 4.78 is 27.5. The zero-order valence-corrected chi connectivity index (χ0v) is 4.38. The summed E-state index contributed by atoms with van der Waals surface area (Å²) in [7, 11) is -3.94. The van der Waals surface area contributed by atoms with Gasteiger partial charge < -0.3 is 13.5 Å². The molecule has 8 heavy (non-hydrogen) atoms. The van der Waals surface area contributed by atoms with Crippen molar-refractivity contribution in [2.75, 3.05) is 0 Å². The molecule has 1 N–H and O–H groups in total. The van der Waals surface area contributed by atoms with Crippen molar-refractivity contribution < 1.29 is 21.9 Å². The molecule has 0 aromatic heterocycles. The van der Waals surface area contributed by atoms with Gasteiger partial charge in [-0.05, 0) is 0 Å². The normalized spacial score (nSPS) is 23.2. The second-order valence-corrected chi connectivity index (χ2v) is 2.22. The van der Waals surface area contributed by atoms with Gasteiger partial charge in [0.15, 0.2) is 6.26 Å². The van der Waals surface area contributed by atoms with Crippen LogP contribution in [0, 0.1) is 0 Å². The summed E-state index contributed by atoms with van der Waals surface area (Å²) in [4.78, 5) is 0. The zero-order valence-electron chi connectivity index (χ0n) is 3.57. The second-order valence-electron chi connectivity index (χ2n) is 1.04. The maximum atomic E-state index is 9.98. The van der Waals surface area contributed by atoms with Crippen molar-refractivity contribution in [3.8, 4) is 0 Å². The Bertz CT molecular complexity index is 211. The smallest absolute Gasteiger partial charge is 0.478 e. The average Bonchev–Trinajstić information content (AvgIpc) is 1.82. The number of rotatable bonds is 0. The first kappa shape index (κ1) is 5.23. The molecule has 0 aliphatic carbocycles. The van der Waals surface area contributed by atoms with E-state index in [1.54, 1.807) is 0 Å². The van der Waals surface area contributed by atoms with Crippen LogP contribution in [0.25, 0.3) is 0 Å². The van der Waals surface area contributed by atoms with E-state index in [0.717, 1.165) is 0 Å². The highest BCUT2D eigenvalue weighted by atomic mass is 32.3. The minimum Gasteiger partial charge on any atom is -0.478 e. The summed E-state index contributed by atoms with van der Waals surface area (Å²) in [5.41, 5.74) is 0. The van der Waals surface area contributed by atoms with Crippen LogP contribution < -0.4 is 0 Å². The van der Waals surface area contributed by atoms with Crippen LogP contribution in [-0.2, 0) is 18.8 Å². The SMILES string of the molecule is O=S1(=O)OC=C(O)O1. The monoisotopic (exact) mass is 138 g/mol. The number of aliphatic hydroxyl groups excluding tert-OH is 1. The van der Waals surface area contributed by atoms with Crippen LogP contribution in [-0.4, -0.2) is 13.5 Å². The van der Waals surface area contributed by atoms with Crippen LogP contribution in [0.15, 0.2) is 12.2 Å². The quantitative estimate of drug-likeness (QED) is 0.494. The van der Waals surface area contributed by atoms with E-state index in [1.165, 1.54) is 0 Å². The van der Waals surface area contributed by atoms with Gasteiger partial charge in [0.25, 0.3) is 0 Å². The molecule has 0 saturated heterocycles. The first-order valence-corrected chi connectivity index (χ1v) is 2.95. The van der Waals surface area contributed by atoms with Crippen LogP contribution in [0.1, 0.15) is 0 Å². The molecular formula is C2H2O5S. The Kier molecular flexibility index (Phi) is 0.839. The van der Waals surface area contributed by atoms with Crippen molar-refractivity contribution in [2.45, 2.75) is 0 Å². The number of hydrogen-bond donors (Lipinski definition) is 1.